The van der Waals surface area contributed by atoms with Gasteiger partial charge in [-0.15, -0.1) is 22.7 Å². The highest BCUT2D eigenvalue weighted by atomic mass is 32.1. The zero-order valence-electron chi connectivity index (χ0n) is 8.66. The summed E-state index contributed by atoms with van der Waals surface area (Å²) in [6, 6.07) is 5.25. The summed E-state index contributed by atoms with van der Waals surface area (Å²) in [7, 11) is 0. The second kappa shape index (κ2) is 4.24. The average Bonchev–Trinajstić information content (AvgIpc) is 2.70. The average molecular weight is 237 g/mol. The van der Waals surface area contributed by atoms with Crippen LogP contribution in [0, 0.1) is 0 Å². The van der Waals surface area contributed by atoms with Crippen LogP contribution in [0.15, 0.2) is 17.5 Å². The second-order valence-corrected chi connectivity index (χ2v) is 6.22. The predicted molar refractivity (Wildman–Crippen MR) is 68.9 cm³/mol. The first-order chi connectivity index (χ1) is 7.43. The Morgan fingerprint density at radius 3 is 3.13 bits per heavy atom. The fraction of sp³-hybridized carbons (Fsp3) is 0.500. The third-order valence-corrected chi connectivity index (χ3v) is 5.27. The summed E-state index contributed by atoms with van der Waals surface area (Å²) in [4.78, 5) is 1.54. The molecule has 1 saturated heterocycles. The summed E-state index contributed by atoms with van der Waals surface area (Å²) in [6.45, 7) is 1.19. The van der Waals surface area contributed by atoms with Crippen LogP contribution in [0.1, 0.15) is 36.6 Å². The van der Waals surface area contributed by atoms with Gasteiger partial charge in [-0.05, 0) is 36.9 Å². The standard InChI is InChI=1S/C12H15NS2/c1-2-4-9(13-6-3-1)11-8-12-10(15-11)5-7-14-12/h5,7-9,13H,1-4,6H2. The van der Waals surface area contributed by atoms with Crippen LogP contribution in [0.3, 0.4) is 0 Å². The van der Waals surface area contributed by atoms with Gasteiger partial charge in [0.1, 0.15) is 0 Å². The summed E-state index contributed by atoms with van der Waals surface area (Å²) < 4.78 is 2.92. The first-order valence-electron chi connectivity index (χ1n) is 5.64. The maximum Gasteiger partial charge on any atom is 0.0454 e. The summed E-state index contributed by atoms with van der Waals surface area (Å²) in [5, 5.41) is 5.85. The van der Waals surface area contributed by atoms with Crippen molar-refractivity contribution in [1.29, 1.82) is 0 Å². The molecule has 1 unspecified atom stereocenters. The fourth-order valence-electron chi connectivity index (χ4n) is 2.23. The Kier molecular flexibility index (Phi) is 2.77. The fourth-order valence-corrected chi connectivity index (χ4v) is 4.46. The van der Waals surface area contributed by atoms with E-state index in [1.54, 1.807) is 4.88 Å². The van der Waals surface area contributed by atoms with Gasteiger partial charge in [0, 0.05) is 20.3 Å². The van der Waals surface area contributed by atoms with Crippen LogP contribution in [0.4, 0.5) is 0 Å². The topological polar surface area (TPSA) is 12.0 Å². The van der Waals surface area contributed by atoms with Crippen LogP contribution in [0.2, 0.25) is 0 Å². The van der Waals surface area contributed by atoms with Crippen molar-refractivity contribution in [3.05, 3.63) is 22.4 Å². The molecule has 1 aliphatic rings. The van der Waals surface area contributed by atoms with Gasteiger partial charge in [-0.3, -0.25) is 0 Å². The molecule has 80 valence electrons. The Balaban J connectivity index is 1.88. The molecule has 0 bridgehead atoms. The molecule has 0 amide bonds. The van der Waals surface area contributed by atoms with Crippen LogP contribution < -0.4 is 5.32 Å². The number of hydrogen-bond acceptors (Lipinski definition) is 3. The van der Waals surface area contributed by atoms with Crippen LogP contribution in [-0.2, 0) is 0 Å². The van der Waals surface area contributed by atoms with Gasteiger partial charge in [0.25, 0.3) is 0 Å². The zero-order chi connectivity index (χ0) is 10.1. The summed E-state index contributed by atoms with van der Waals surface area (Å²) >= 11 is 3.83. The van der Waals surface area contributed by atoms with Gasteiger partial charge >= 0.3 is 0 Å². The molecule has 0 saturated carbocycles. The van der Waals surface area contributed by atoms with Gasteiger partial charge in [-0.1, -0.05) is 12.8 Å². The lowest BCUT2D eigenvalue weighted by Gasteiger charge is -2.12. The molecule has 0 aromatic carbocycles. The van der Waals surface area contributed by atoms with E-state index in [4.69, 9.17) is 0 Å². The van der Waals surface area contributed by atoms with E-state index in [1.165, 1.54) is 41.6 Å². The molecule has 0 aliphatic carbocycles. The second-order valence-electron chi connectivity index (χ2n) is 4.15. The minimum absolute atomic E-state index is 0.622. The Morgan fingerprint density at radius 1 is 1.20 bits per heavy atom. The molecule has 3 heterocycles. The first kappa shape index (κ1) is 9.82. The molecule has 15 heavy (non-hydrogen) atoms. The predicted octanol–water partition coefficient (Wildman–Crippen LogP) is 4.17. The molecular formula is C12H15NS2. The van der Waals surface area contributed by atoms with Crippen molar-refractivity contribution < 1.29 is 0 Å². The van der Waals surface area contributed by atoms with E-state index in [2.05, 4.69) is 22.8 Å². The maximum atomic E-state index is 3.66. The maximum absolute atomic E-state index is 3.66. The van der Waals surface area contributed by atoms with Crippen LogP contribution >= 0.6 is 22.7 Å². The van der Waals surface area contributed by atoms with Gasteiger partial charge in [0.05, 0.1) is 0 Å². The molecule has 0 radical (unpaired) electrons. The Bertz CT molecular complexity index is 407. The highest BCUT2D eigenvalue weighted by Gasteiger charge is 2.16. The van der Waals surface area contributed by atoms with Crippen LogP contribution in [0.25, 0.3) is 9.40 Å². The Hall–Kier alpha value is -0.380. The molecule has 1 nitrogen and oxygen atoms in total. The van der Waals surface area contributed by atoms with Crippen molar-refractivity contribution in [1.82, 2.24) is 5.32 Å². The quantitative estimate of drug-likeness (QED) is 0.785. The van der Waals surface area contributed by atoms with Crippen molar-refractivity contribution in [2.45, 2.75) is 31.7 Å². The molecule has 1 fully saturated rings. The largest absolute Gasteiger partial charge is 0.309 e. The monoisotopic (exact) mass is 237 g/mol. The molecular weight excluding hydrogens is 222 g/mol. The van der Waals surface area contributed by atoms with Crippen molar-refractivity contribution in [3.8, 4) is 0 Å². The molecule has 1 atom stereocenters. The zero-order valence-corrected chi connectivity index (χ0v) is 10.3. The Morgan fingerprint density at radius 2 is 2.20 bits per heavy atom. The van der Waals surface area contributed by atoms with Crippen molar-refractivity contribution >= 4 is 32.1 Å². The molecule has 1 N–H and O–H groups in total. The number of rotatable bonds is 1. The van der Waals surface area contributed by atoms with Gasteiger partial charge in [-0.25, -0.2) is 0 Å². The third kappa shape index (κ3) is 1.96. The van der Waals surface area contributed by atoms with E-state index in [0.717, 1.165) is 0 Å². The lowest BCUT2D eigenvalue weighted by molar-refractivity contribution is 0.543. The highest BCUT2D eigenvalue weighted by Crippen LogP contribution is 2.35. The van der Waals surface area contributed by atoms with E-state index in [0.29, 0.717) is 6.04 Å². The van der Waals surface area contributed by atoms with E-state index in [9.17, 15) is 0 Å². The highest BCUT2D eigenvalue weighted by molar-refractivity contribution is 7.26. The molecule has 3 rings (SSSR count). The number of nitrogens with one attached hydrogen (secondary N) is 1. The lowest BCUT2D eigenvalue weighted by Crippen LogP contribution is -2.19. The summed E-state index contributed by atoms with van der Waals surface area (Å²) in [6.07, 6.45) is 5.43. The number of thiophene rings is 2. The van der Waals surface area contributed by atoms with Gasteiger partial charge in [0.15, 0.2) is 0 Å². The van der Waals surface area contributed by atoms with Gasteiger partial charge in [-0.2, -0.15) is 0 Å². The van der Waals surface area contributed by atoms with E-state index in [-0.39, 0.29) is 0 Å². The number of hydrogen-bond donors (Lipinski definition) is 1. The van der Waals surface area contributed by atoms with E-state index in [1.807, 2.05) is 22.7 Å². The number of fused-ring (bicyclic) bond motifs is 1. The molecule has 3 heteroatoms. The summed E-state index contributed by atoms with van der Waals surface area (Å²) in [5.74, 6) is 0. The molecule has 0 spiro atoms. The Labute approximate surface area is 98.1 Å². The van der Waals surface area contributed by atoms with Gasteiger partial charge < -0.3 is 5.32 Å². The smallest absolute Gasteiger partial charge is 0.0454 e. The first-order valence-corrected chi connectivity index (χ1v) is 7.33. The van der Waals surface area contributed by atoms with Crippen LogP contribution in [-0.4, -0.2) is 6.54 Å². The SMILES string of the molecule is c1cc2sc(C3CCCCCN3)cc2s1. The van der Waals surface area contributed by atoms with Gasteiger partial charge in [0.2, 0.25) is 0 Å². The van der Waals surface area contributed by atoms with E-state index < -0.39 is 0 Å². The van der Waals surface area contributed by atoms with Crippen molar-refractivity contribution in [3.63, 3.8) is 0 Å². The summed E-state index contributed by atoms with van der Waals surface area (Å²) in [5.41, 5.74) is 0. The third-order valence-electron chi connectivity index (χ3n) is 3.06. The molecule has 2 aromatic rings. The minimum atomic E-state index is 0.622. The lowest BCUT2D eigenvalue weighted by atomic mass is 10.1. The molecule has 2 aromatic heterocycles. The van der Waals surface area contributed by atoms with Crippen molar-refractivity contribution in [2.75, 3.05) is 6.54 Å². The van der Waals surface area contributed by atoms with Crippen LogP contribution in [0.5, 0.6) is 0 Å². The normalized spacial score (nSPS) is 23.1. The van der Waals surface area contributed by atoms with Crippen molar-refractivity contribution in [2.24, 2.45) is 0 Å². The minimum Gasteiger partial charge on any atom is -0.309 e. The molecule has 1 aliphatic heterocycles. The van der Waals surface area contributed by atoms with E-state index >= 15 is 0 Å².